The molecule has 1 aliphatic carbocycles. The molecule has 2 aliphatic rings. The van der Waals surface area contributed by atoms with Crippen molar-refractivity contribution >= 4 is 17.5 Å². The third-order valence-electron chi connectivity index (χ3n) is 2.92. The molecule has 1 heterocycles. The number of nitrogens with one attached hydrogen (secondary N) is 3. The second-order valence-corrected chi connectivity index (χ2v) is 3.84. The van der Waals surface area contributed by atoms with Crippen LogP contribution in [0.2, 0.25) is 0 Å². The number of carbonyl (C=O) groups is 1. The number of hydrogen-bond acceptors (Lipinski definition) is 4. The lowest BCUT2D eigenvalue weighted by Crippen LogP contribution is -2.30. The van der Waals surface area contributed by atoms with Gasteiger partial charge in [0.25, 0.3) is 0 Å². The third-order valence-corrected chi connectivity index (χ3v) is 2.92. The van der Waals surface area contributed by atoms with Crippen molar-refractivity contribution in [2.75, 3.05) is 0 Å². The molecule has 14 heavy (non-hydrogen) atoms. The first-order chi connectivity index (χ1) is 6.68. The van der Waals surface area contributed by atoms with E-state index in [1.165, 1.54) is 0 Å². The second-order valence-electron chi connectivity index (χ2n) is 3.84. The highest BCUT2D eigenvalue weighted by Gasteiger charge is 2.38. The summed E-state index contributed by atoms with van der Waals surface area (Å²) in [6.45, 7) is 0. The van der Waals surface area contributed by atoms with Crippen LogP contribution in [-0.2, 0) is 9.63 Å². The summed E-state index contributed by atoms with van der Waals surface area (Å²) in [5, 5.41) is 15.1. The van der Waals surface area contributed by atoms with Gasteiger partial charge >= 0.3 is 0 Å². The highest BCUT2D eigenvalue weighted by molar-refractivity contribution is 6.04. The monoisotopic (exact) mass is 195 g/mol. The molecule has 3 N–H and O–H groups in total. The van der Waals surface area contributed by atoms with Crippen LogP contribution in [0.25, 0.3) is 0 Å². The van der Waals surface area contributed by atoms with Crippen LogP contribution in [0.5, 0.6) is 0 Å². The van der Waals surface area contributed by atoms with E-state index in [9.17, 15) is 4.79 Å². The van der Waals surface area contributed by atoms with Gasteiger partial charge in [0.15, 0.2) is 0 Å². The van der Waals surface area contributed by atoms with E-state index in [0.717, 1.165) is 12.8 Å². The van der Waals surface area contributed by atoms with Gasteiger partial charge in [0, 0.05) is 12.8 Å². The maximum absolute atomic E-state index is 11.0. The van der Waals surface area contributed by atoms with Crippen molar-refractivity contribution in [2.24, 2.45) is 11.8 Å². The number of hydrogen-bond donors (Lipinski definition) is 3. The summed E-state index contributed by atoms with van der Waals surface area (Å²) in [4.78, 5) is 15.8. The Labute approximate surface area is 81.8 Å². The van der Waals surface area contributed by atoms with Crippen molar-refractivity contribution in [3.05, 3.63) is 0 Å². The molecule has 1 saturated heterocycles. The zero-order chi connectivity index (χ0) is 10.1. The minimum absolute atomic E-state index is 0.120. The zero-order valence-corrected chi connectivity index (χ0v) is 7.80. The molecule has 5 nitrogen and oxygen atoms in total. The van der Waals surface area contributed by atoms with Crippen LogP contribution in [0, 0.1) is 22.7 Å². The van der Waals surface area contributed by atoms with Crippen LogP contribution in [-0.4, -0.2) is 17.5 Å². The normalized spacial score (nSPS) is 28.9. The van der Waals surface area contributed by atoms with Crippen molar-refractivity contribution in [1.29, 1.82) is 10.8 Å². The third kappa shape index (κ3) is 1.49. The number of ketones is 1. The van der Waals surface area contributed by atoms with Gasteiger partial charge in [-0.25, -0.2) is 5.48 Å². The lowest BCUT2D eigenvalue weighted by Gasteiger charge is -2.23. The van der Waals surface area contributed by atoms with Crippen LogP contribution >= 0.6 is 0 Å². The molecule has 0 aromatic heterocycles. The summed E-state index contributed by atoms with van der Waals surface area (Å²) in [6, 6.07) is 0. The fraction of sp³-hybridized carbons (Fsp3) is 0.667. The largest absolute Gasteiger partial charge is 0.365 e. The Morgan fingerprint density at radius 2 is 1.93 bits per heavy atom. The summed E-state index contributed by atoms with van der Waals surface area (Å²) >= 11 is 0. The summed E-state index contributed by atoms with van der Waals surface area (Å²) in [6.07, 6.45) is 2.72. The van der Waals surface area contributed by atoms with Gasteiger partial charge < -0.3 is 4.84 Å². The molecule has 1 aliphatic heterocycles. The van der Waals surface area contributed by atoms with Gasteiger partial charge in [-0.3, -0.25) is 15.6 Å². The van der Waals surface area contributed by atoms with Gasteiger partial charge in [-0.2, -0.15) is 0 Å². The Morgan fingerprint density at radius 1 is 1.29 bits per heavy atom. The molecule has 0 amide bonds. The molecule has 0 bridgehead atoms. The molecule has 2 fully saturated rings. The zero-order valence-electron chi connectivity index (χ0n) is 7.80. The van der Waals surface area contributed by atoms with Crippen molar-refractivity contribution < 1.29 is 9.63 Å². The molecule has 5 heteroatoms. The van der Waals surface area contributed by atoms with Crippen molar-refractivity contribution in [3.63, 3.8) is 0 Å². The fourth-order valence-corrected chi connectivity index (χ4v) is 2.11. The average Bonchev–Trinajstić information content (AvgIpc) is 2.49. The highest BCUT2D eigenvalue weighted by Crippen LogP contribution is 2.31. The maximum Gasteiger partial charge on any atom is 0.225 e. The summed E-state index contributed by atoms with van der Waals surface area (Å²) < 4.78 is 0. The Balaban J connectivity index is 2.04. The summed E-state index contributed by atoms with van der Waals surface area (Å²) in [5.74, 6) is 0.653. The van der Waals surface area contributed by atoms with E-state index in [2.05, 4.69) is 5.48 Å². The predicted octanol–water partition coefficient (Wildman–Crippen LogP) is 0.851. The first kappa shape index (κ1) is 9.18. The molecular formula is C9H13N3O2. The minimum atomic E-state index is -0.247. The number of rotatable bonds is 1. The molecule has 0 aromatic rings. The van der Waals surface area contributed by atoms with Crippen LogP contribution < -0.4 is 5.48 Å². The lowest BCUT2D eigenvalue weighted by atomic mass is 9.79. The van der Waals surface area contributed by atoms with Gasteiger partial charge in [0.05, 0.1) is 0 Å². The minimum Gasteiger partial charge on any atom is -0.365 e. The molecule has 76 valence electrons. The number of amidine groups is 1. The fourth-order valence-electron chi connectivity index (χ4n) is 2.11. The lowest BCUT2D eigenvalue weighted by molar-refractivity contribution is -0.121. The molecule has 1 saturated carbocycles. The van der Waals surface area contributed by atoms with E-state index < -0.39 is 0 Å². The van der Waals surface area contributed by atoms with E-state index in [0.29, 0.717) is 18.6 Å². The van der Waals surface area contributed by atoms with E-state index in [1.54, 1.807) is 0 Å². The summed E-state index contributed by atoms with van der Waals surface area (Å²) in [5.41, 5.74) is 2.40. The molecule has 0 aromatic carbocycles. The van der Waals surface area contributed by atoms with E-state index in [-0.39, 0.29) is 23.6 Å². The quantitative estimate of drug-likeness (QED) is 0.579. The Hall–Kier alpha value is -1.39. The standard InChI is InChI=1S/C9H13N3O2/c10-8-7(9(11)14-12-8)5-1-3-6(13)4-2-5/h5,7,11H,1-4H2,(H2,10,12). The SMILES string of the molecule is N=C1NOC(=N)C1C1CCC(=O)CC1. The molecule has 0 radical (unpaired) electrons. The number of Topliss-reactive ketones (excluding diaryl/α,β-unsaturated/α-hetero) is 1. The second kappa shape index (κ2) is 3.40. The van der Waals surface area contributed by atoms with Crippen LogP contribution in [0.4, 0.5) is 0 Å². The van der Waals surface area contributed by atoms with E-state index in [4.69, 9.17) is 15.7 Å². The predicted molar refractivity (Wildman–Crippen MR) is 50.1 cm³/mol. The summed E-state index contributed by atoms with van der Waals surface area (Å²) in [7, 11) is 0. The van der Waals surface area contributed by atoms with Crippen molar-refractivity contribution in [2.45, 2.75) is 25.7 Å². The number of carbonyl (C=O) groups excluding carboxylic acids is 1. The number of hydroxylamine groups is 1. The molecule has 0 spiro atoms. The van der Waals surface area contributed by atoms with E-state index in [1.807, 2.05) is 0 Å². The first-order valence-corrected chi connectivity index (χ1v) is 4.80. The highest BCUT2D eigenvalue weighted by atomic mass is 16.7. The molecule has 2 rings (SSSR count). The van der Waals surface area contributed by atoms with Crippen LogP contribution in [0.15, 0.2) is 0 Å². The maximum atomic E-state index is 11.0. The molecule has 1 atom stereocenters. The Kier molecular flexibility index (Phi) is 2.23. The van der Waals surface area contributed by atoms with Gasteiger partial charge in [-0.1, -0.05) is 0 Å². The Bertz CT molecular complexity index is 274. The van der Waals surface area contributed by atoms with Gasteiger partial charge in [0.2, 0.25) is 5.90 Å². The first-order valence-electron chi connectivity index (χ1n) is 4.80. The van der Waals surface area contributed by atoms with Gasteiger partial charge in [-0.05, 0) is 18.8 Å². The van der Waals surface area contributed by atoms with Crippen molar-refractivity contribution in [1.82, 2.24) is 5.48 Å². The smallest absolute Gasteiger partial charge is 0.225 e. The van der Waals surface area contributed by atoms with Crippen LogP contribution in [0.3, 0.4) is 0 Å². The average molecular weight is 195 g/mol. The molecular weight excluding hydrogens is 182 g/mol. The Morgan fingerprint density at radius 3 is 2.43 bits per heavy atom. The topological polar surface area (TPSA) is 86.0 Å². The van der Waals surface area contributed by atoms with Crippen LogP contribution in [0.1, 0.15) is 25.7 Å². The van der Waals surface area contributed by atoms with Crippen molar-refractivity contribution in [3.8, 4) is 0 Å². The van der Waals surface area contributed by atoms with Gasteiger partial charge in [0.1, 0.15) is 17.5 Å². The van der Waals surface area contributed by atoms with Gasteiger partial charge in [-0.15, -0.1) is 0 Å². The van der Waals surface area contributed by atoms with E-state index >= 15 is 0 Å². The molecule has 1 unspecified atom stereocenters.